The quantitative estimate of drug-likeness (QED) is 0.695. The number of nitrogens with zero attached hydrogens (tertiary/aromatic N) is 1. The Kier molecular flexibility index (Phi) is 6.17. The van der Waals surface area contributed by atoms with Gasteiger partial charge in [0.25, 0.3) is 5.91 Å². The molecule has 0 saturated heterocycles. The molecule has 0 aliphatic heterocycles. The third-order valence-corrected chi connectivity index (χ3v) is 4.84. The van der Waals surface area contributed by atoms with Crippen LogP contribution < -0.4 is 10.1 Å². The van der Waals surface area contributed by atoms with Gasteiger partial charge in [-0.25, -0.2) is 0 Å². The SMILES string of the molecule is COc1ccc2cc(CN(C)C(=O)CNC(=O)c3cc(C)cc(C)c3)ccc2c1. The fraction of sp³-hybridized carbons (Fsp3) is 0.250. The van der Waals surface area contributed by atoms with E-state index >= 15 is 0 Å². The van der Waals surface area contributed by atoms with Crippen molar-refractivity contribution in [2.75, 3.05) is 20.7 Å². The van der Waals surface area contributed by atoms with Gasteiger partial charge < -0.3 is 15.0 Å². The lowest BCUT2D eigenvalue weighted by Crippen LogP contribution is -2.37. The number of benzene rings is 3. The number of carbonyl (C=O) groups excluding carboxylic acids is 2. The molecule has 3 aromatic rings. The predicted molar refractivity (Wildman–Crippen MR) is 115 cm³/mol. The number of methoxy groups -OCH3 is 1. The van der Waals surface area contributed by atoms with E-state index in [1.165, 1.54) is 0 Å². The van der Waals surface area contributed by atoms with Crippen molar-refractivity contribution in [1.29, 1.82) is 0 Å². The molecule has 0 saturated carbocycles. The van der Waals surface area contributed by atoms with E-state index in [-0.39, 0.29) is 18.4 Å². The number of fused-ring (bicyclic) bond motifs is 1. The van der Waals surface area contributed by atoms with Crippen LogP contribution in [0.3, 0.4) is 0 Å². The van der Waals surface area contributed by atoms with Crippen LogP contribution >= 0.6 is 0 Å². The van der Waals surface area contributed by atoms with Gasteiger partial charge in [-0.1, -0.05) is 35.4 Å². The normalized spacial score (nSPS) is 10.6. The molecule has 5 heteroatoms. The molecule has 29 heavy (non-hydrogen) atoms. The van der Waals surface area contributed by atoms with Crippen molar-refractivity contribution in [3.8, 4) is 5.75 Å². The average Bonchev–Trinajstić information content (AvgIpc) is 2.70. The van der Waals surface area contributed by atoms with Gasteiger partial charge in [0, 0.05) is 19.2 Å². The molecule has 0 aliphatic rings. The first kappa shape index (κ1) is 20.4. The molecule has 5 nitrogen and oxygen atoms in total. The van der Waals surface area contributed by atoms with Crippen LogP contribution in [0.15, 0.2) is 54.6 Å². The fourth-order valence-corrected chi connectivity index (χ4v) is 3.36. The maximum absolute atomic E-state index is 12.5. The number of nitrogens with one attached hydrogen (secondary N) is 1. The van der Waals surface area contributed by atoms with E-state index in [1.54, 1.807) is 19.1 Å². The molecule has 0 aromatic heterocycles. The molecule has 0 bridgehead atoms. The Morgan fingerprint density at radius 1 is 0.931 bits per heavy atom. The van der Waals surface area contributed by atoms with E-state index < -0.39 is 0 Å². The average molecular weight is 390 g/mol. The third-order valence-electron chi connectivity index (χ3n) is 4.84. The first-order chi connectivity index (χ1) is 13.9. The first-order valence-corrected chi connectivity index (χ1v) is 9.53. The van der Waals surface area contributed by atoms with Crippen molar-refractivity contribution in [1.82, 2.24) is 10.2 Å². The van der Waals surface area contributed by atoms with Gasteiger partial charge in [0.05, 0.1) is 13.7 Å². The maximum Gasteiger partial charge on any atom is 0.251 e. The van der Waals surface area contributed by atoms with Crippen molar-refractivity contribution >= 4 is 22.6 Å². The molecule has 0 fully saturated rings. The van der Waals surface area contributed by atoms with Crippen LogP contribution in [0.2, 0.25) is 0 Å². The molecule has 3 rings (SSSR count). The number of rotatable bonds is 6. The molecule has 0 aliphatic carbocycles. The number of hydrogen-bond acceptors (Lipinski definition) is 3. The van der Waals surface area contributed by atoms with Gasteiger partial charge in [0.2, 0.25) is 5.91 Å². The highest BCUT2D eigenvalue weighted by molar-refractivity contribution is 5.96. The summed E-state index contributed by atoms with van der Waals surface area (Å²) in [6.07, 6.45) is 0. The molecule has 1 N–H and O–H groups in total. The van der Waals surface area contributed by atoms with E-state index in [0.717, 1.165) is 33.2 Å². The number of aryl methyl sites for hydroxylation is 2. The van der Waals surface area contributed by atoms with Gasteiger partial charge in [0.15, 0.2) is 0 Å². The summed E-state index contributed by atoms with van der Waals surface area (Å²) >= 11 is 0. The predicted octanol–water partition coefficient (Wildman–Crippen LogP) is 3.85. The number of ether oxygens (including phenoxy) is 1. The van der Waals surface area contributed by atoms with Gasteiger partial charge in [-0.05, 0) is 60.5 Å². The largest absolute Gasteiger partial charge is 0.497 e. The summed E-state index contributed by atoms with van der Waals surface area (Å²) < 4.78 is 5.25. The van der Waals surface area contributed by atoms with Crippen molar-refractivity contribution in [3.63, 3.8) is 0 Å². The molecular weight excluding hydrogens is 364 g/mol. The Hall–Kier alpha value is -3.34. The Labute approximate surface area is 171 Å². The van der Waals surface area contributed by atoms with Crippen LogP contribution in [-0.4, -0.2) is 37.4 Å². The molecule has 0 unspecified atom stereocenters. The second-order valence-corrected chi connectivity index (χ2v) is 7.36. The summed E-state index contributed by atoms with van der Waals surface area (Å²) in [6.45, 7) is 4.33. The highest BCUT2D eigenvalue weighted by atomic mass is 16.5. The van der Waals surface area contributed by atoms with E-state index in [4.69, 9.17) is 4.74 Å². The van der Waals surface area contributed by atoms with Crippen LogP contribution in [0.4, 0.5) is 0 Å². The number of carbonyl (C=O) groups is 2. The lowest BCUT2D eigenvalue weighted by molar-refractivity contribution is -0.129. The minimum Gasteiger partial charge on any atom is -0.497 e. The van der Waals surface area contributed by atoms with Crippen molar-refractivity contribution in [2.24, 2.45) is 0 Å². The molecule has 0 spiro atoms. The van der Waals surface area contributed by atoms with Crippen LogP contribution in [0, 0.1) is 13.8 Å². The number of amides is 2. The van der Waals surface area contributed by atoms with Crippen LogP contribution in [0.25, 0.3) is 10.8 Å². The lowest BCUT2D eigenvalue weighted by atomic mass is 10.1. The zero-order chi connectivity index (χ0) is 21.0. The Morgan fingerprint density at radius 2 is 1.59 bits per heavy atom. The molecule has 0 radical (unpaired) electrons. The summed E-state index contributed by atoms with van der Waals surface area (Å²) in [5, 5.41) is 4.89. The smallest absolute Gasteiger partial charge is 0.251 e. The molecule has 0 heterocycles. The van der Waals surface area contributed by atoms with Gasteiger partial charge in [0.1, 0.15) is 5.75 Å². The van der Waals surface area contributed by atoms with E-state index in [0.29, 0.717) is 12.1 Å². The first-order valence-electron chi connectivity index (χ1n) is 9.53. The van der Waals surface area contributed by atoms with Crippen molar-refractivity contribution in [3.05, 3.63) is 76.9 Å². The topological polar surface area (TPSA) is 58.6 Å². The molecule has 150 valence electrons. The van der Waals surface area contributed by atoms with E-state index in [1.807, 2.05) is 62.4 Å². The maximum atomic E-state index is 12.5. The zero-order valence-electron chi connectivity index (χ0n) is 17.3. The van der Waals surface area contributed by atoms with Crippen molar-refractivity contribution < 1.29 is 14.3 Å². The van der Waals surface area contributed by atoms with Crippen LogP contribution in [-0.2, 0) is 11.3 Å². The summed E-state index contributed by atoms with van der Waals surface area (Å²) in [7, 11) is 3.39. The van der Waals surface area contributed by atoms with Gasteiger partial charge in [-0.15, -0.1) is 0 Å². The fourth-order valence-electron chi connectivity index (χ4n) is 3.36. The minimum atomic E-state index is -0.238. The van der Waals surface area contributed by atoms with Crippen LogP contribution in [0.5, 0.6) is 5.75 Å². The van der Waals surface area contributed by atoms with E-state index in [2.05, 4.69) is 11.4 Å². The Morgan fingerprint density at radius 3 is 2.28 bits per heavy atom. The van der Waals surface area contributed by atoms with Gasteiger partial charge in [-0.3, -0.25) is 9.59 Å². The lowest BCUT2D eigenvalue weighted by Gasteiger charge is -2.18. The second-order valence-electron chi connectivity index (χ2n) is 7.36. The zero-order valence-corrected chi connectivity index (χ0v) is 17.3. The minimum absolute atomic E-state index is 0.0346. The Bertz CT molecular complexity index is 1040. The summed E-state index contributed by atoms with van der Waals surface area (Å²) in [5.41, 5.74) is 3.64. The monoisotopic (exact) mass is 390 g/mol. The standard InChI is InChI=1S/C24H26N2O3/c1-16-9-17(2)11-21(10-16)24(28)25-14-23(27)26(3)15-18-5-6-20-13-22(29-4)8-7-19(20)12-18/h5-13H,14-15H2,1-4H3,(H,25,28). The summed E-state index contributed by atoms with van der Waals surface area (Å²) in [5.74, 6) is 0.438. The number of hydrogen-bond donors (Lipinski definition) is 1. The number of likely N-dealkylation sites (N-methyl/N-ethyl adjacent to an activating group) is 1. The highest BCUT2D eigenvalue weighted by Crippen LogP contribution is 2.22. The molecule has 3 aromatic carbocycles. The summed E-state index contributed by atoms with van der Waals surface area (Å²) in [6, 6.07) is 17.6. The van der Waals surface area contributed by atoms with Gasteiger partial charge >= 0.3 is 0 Å². The molecule has 0 atom stereocenters. The highest BCUT2D eigenvalue weighted by Gasteiger charge is 2.13. The third kappa shape index (κ3) is 5.13. The second kappa shape index (κ2) is 8.78. The Balaban J connectivity index is 1.60. The van der Waals surface area contributed by atoms with Crippen LogP contribution in [0.1, 0.15) is 27.0 Å². The molecular formula is C24H26N2O3. The molecule has 2 amide bonds. The summed E-state index contributed by atoms with van der Waals surface area (Å²) in [4.78, 5) is 26.4. The van der Waals surface area contributed by atoms with Crippen molar-refractivity contribution in [2.45, 2.75) is 20.4 Å². The van der Waals surface area contributed by atoms with Gasteiger partial charge in [-0.2, -0.15) is 0 Å². The van der Waals surface area contributed by atoms with E-state index in [9.17, 15) is 9.59 Å².